The molecule has 0 amide bonds. The van der Waals surface area contributed by atoms with Gasteiger partial charge in [0.2, 0.25) is 0 Å². The number of methoxy groups -OCH3 is 1. The lowest BCUT2D eigenvalue weighted by Gasteiger charge is -2.28. The topological polar surface area (TPSA) is 79.5 Å². The van der Waals surface area contributed by atoms with Crippen LogP contribution in [0.25, 0.3) is 0 Å². The van der Waals surface area contributed by atoms with E-state index in [1.807, 2.05) is 25.1 Å². The summed E-state index contributed by atoms with van der Waals surface area (Å²) in [5, 5.41) is 19.0. The van der Waals surface area contributed by atoms with Gasteiger partial charge in [-0.1, -0.05) is 39.7 Å². The third kappa shape index (κ3) is 5.66. The van der Waals surface area contributed by atoms with E-state index in [0.717, 1.165) is 31.2 Å². The molecule has 0 saturated carbocycles. The molecule has 0 radical (unpaired) electrons. The van der Waals surface area contributed by atoms with Crippen LogP contribution in [0.3, 0.4) is 0 Å². The molecule has 0 saturated heterocycles. The summed E-state index contributed by atoms with van der Waals surface area (Å²) >= 11 is 0. The molecule has 0 bridgehead atoms. The number of hydrogen-bond donors (Lipinski definition) is 1. The summed E-state index contributed by atoms with van der Waals surface area (Å²) in [7, 11) is 1.59. The van der Waals surface area contributed by atoms with Crippen LogP contribution in [0.15, 0.2) is 18.2 Å². The van der Waals surface area contributed by atoms with Gasteiger partial charge >= 0.3 is 5.97 Å². The fourth-order valence-corrected chi connectivity index (χ4v) is 3.25. The van der Waals surface area contributed by atoms with E-state index in [9.17, 15) is 10.1 Å². The number of nitriles is 1. The molecule has 1 aromatic rings. The van der Waals surface area contributed by atoms with Crippen LogP contribution in [0.1, 0.15) is 71.3 Å². The zero-order valence-corrected chi connectivity index (χ0v) is 16.4. The Labute approximate surface area is 156 Å². The predicted molar refractivity (Wildman–Crippen MR) is 102 cm³/mol. The van der Waals surface area contributed by atoms with Crippen molar-refractivity contribution < 1.29 is 19.4 Å². The fourth-order valence-electron chi connectivity index (χ4n) is 3.25. The number of aliphatic carboxylic acids is 1. The summed E-state index contributed by atoms with van der Waals surface area (Å²) in [5.74, 6) is 0.362. The Bertz CT molecular complexity index is 623. The molecule has 0 fully saturated rings. The molecule has 0 aliphatic heterocycles. The van der Waals surface area contributed by atoms with Crippen LogP contribution in [0.2, 0.25) is 0 Å². The highest BCUT2D eigenvalue weighted by molar-refractivity contribution is 5.67. The summed E-state index contributed by atoms with van der Waals surface area (Å²) in [4.78, 5) is 11.1. The van der Waals surface area contributed by atoms with Gasteiger partial charge in [-0.15, -0.1) is 0 Å². The second-order valence-electron chi connectivity index (χ2n) is 6.64. The molecule has 1 aromatic carbocycles. The zero-order valence-electron chi connectivity index (χ0n) is 16.4. The van der Waals surface area contributed by atoms with Crippen LogP contribution < -0.4 is 9.47 Å². The maximum absolute atomic E-state index is 11.1. The van der Waals surface area contributed by atoms with Gasteiger partial charge in [-0.2, -0.15) is 5.26 Å². The molecule has 0 aromatic heterocycles. The van der Waals surface area contributed by atoms with Crippen LogP contribution in [-0.2, 0) is 10.2 Å². The quantitative estimate of drug-likeness (QED) is 0.561. The van der Waals surface area contributed by atoms with Crippen LogP contribution in [-0.4, -0.2) is 24.3 Å². The Morgan fingerprint density at radius 2 is 1.96 bits per heavy atom. The molecule has 26 heavy (non-hydrogen) atoms. The van der Waals surface area contributed by atoms with Crippen LogP contribution >= 0.6 is 0 Å². The number of ether oxygens (including phenoxy) is 2. The number of hydrogen-bond acceptors (Lipinski definition) is 4. The SMILES string of the molecule is CCCC(CC)Oc1cc(C(C#N)(CCC)CCC(=O)O)ccc1OC. The molecule has 1 N–H and O–H groups in total. The lowest BCUT2D eigenvalue weighted by molar-refractivity contribution is -0.137. The number of carboxylic acids is 1. The van der Waals surface area contributed by atoms with E-state index in [1.54, 1.807) is 7.11 Å². The standard InChI is InChI=1S/C21H31NO4/c1-5-8-17(7-3)26-19-14-16(9-10-18(19)25-4)21(15-22,12-6-2)13-11-20(23)24/h9-10,14,17H,5-8,11-13H2,1-4H3,(H,23,24). The maximum Gasteiger partial charge on any atom is 0.303 e. The minimum atomic E-state index is -0.889. The van der Waals surface area contributed by atoms with Crippen molar-refractivity contribution in [2.45, 2.75) is 77.2 Å². The molecule has 2 unspecified atom stereocenters. The van der Waals surface area contributed by atoms with Crippen LogP contribution in [0, 0.1) is 11.3 Å². The average Bonchev–Trinajstić information content (AvgIpc) is 2.64. The lowest BCUT2D eigenvalue weighted by Crippen LogP contribution is -2.25. The third-order valence-corrected chi connectivity index (χ3v) is 4.73. The molecule has 0 aliphatic rings. The predicted octanol–water partition coefficient (Wildman–Crippen LogP) is 5.08. The Hall–Kier alpha value is -2.22. The van der Waals surface area contributed by atoms with Gasteiger partial charge in [0.15, 0.2) is 11.5 Å². The molecule has 0 spiro atoms. The molecule has 2 atom stereocenters. The molecule has 0 heterocycles. The van der Waals surface area contributed by atoms with Crippen molar-refractivity contribution in [3.8, 4) is 17.6 Å². The van der Waals surface area contributed by atoms with Crippen molar-refractivity contribution in [3.63, 3.8) is 0 Å². The van der Waals surface area contributed by atoms with Crippen LogP contribution in [0.4, 0.5) is 0 Å². The first-order valence-corrected chi connectivity index (χ1v) is 9.44. The number of rotatable bonds is 12. The monoisotopic (exact) mass is 361 g/mol. The number of carboxylic acid groups (broad SMARTS) is 1. The summed E-state index contributed by atoms with van der Waals surface area (Å²) in [5.41, 5.74) is -0.0328. The highest BCUT2D eigenvalue weighted by atomic mass is 16.5. The van der Waals surface area contributed by atoms with E-state index in [0.29, 0.717) is 17.9 Å². The van der Waals surface area contributed by atoms with E-state index < -0.39 is 11.4 Å². The molecular weight excluding hydrogens is 330 g/mol. The molecular formula is C21H31NO4. The fraction of sp³-hybridized carbons (Fsp3) is 0.619. The van der Waals surface area contributed by atoms with Gasteiger partial charge in [0.25, 0.3) is 0 Å². The molecule has 1 rings (SSSR count). The van der Waals surface area contributed by atoms with Crippen LogP contribution in [0.5, 0.6) is 11.5 Å². The third-order valence-electron chi connectivity index (χ3n) is 4.73. The van der Waals surface area contributed by atoms with Gasteiger partial charge in [-0.05, 0) is 43.4 Å². The highest BCUT2D eigenvalue weighted by Crippen LogP contribution is 2.39. The molecule has 5 heteroatoms. The van der Waals surface area contributed by atoms with Gasteiger partial charge in [0.1, 0.15) is 0 Å². The summed E-state index contributed by atoms with van der Waals surface area (Å²) < 4.78 is 11.6. The van der Waals surface area contributed by atoms with E-state index >= 15 is 0 Å². The first kappa shape index (κ1) is 21.8. The van der Waals surface area contributed by atoms with Crippen molar-refractivity contribution >= 4 is 5.97 Å². The maximum atomic E-state index is 11.1. The Morgan fingerprint density at radius 3 is 2.46 bits per heavy atom. The Kier molecular flexibility index (Phi) is 8.98. The highest BCUT2D eigenvalue weighted by Gasteiger charge is 2.33. The van der Waals surface area contributed by atoms with Crippen molar-refractivity contribution in [1.82, 2.24) is 0 Å². The van der Waals surface area contributed by atoms with Crippen molar-refractivity contribution in [2.75, 3.05) is 7.11 Å². The van der Waals surface area contributed by atoms with Gasteiger partial charge in [-0.3, -0.25) is 4.79 Å². The smallest absolute Gasteiger partial charge is 0.303 e. The Morgan fingerprint density at radius 1 is 1.23 bits per heavy atom. The van der Waals surface area contributed by atoms with Crippen molar-refractivity contribution in [3.05, 3.63) is 23.8 Å². The van der Waals surface area contributed by atoms with E-state index in [2.05, 4.69) is 19.9 Å². The minimum absolute atomic E-state index is 0.0385. The first-order valence-electron chi connectivity index (χ1n) is 9.44. The average molecular weight is 361 g/mol. The summed E-state index contributed by atoms with van der Waals surface area (Å²) in [6.45, 7) is 6.20. The molecule has 5 nitrogen and oxygen atoms in total. The zero-order chi connectivity index (χ0) is 19.6. The number of carbonyl (C=O) groups is 1. The summed E-state index contributed by atoms with van der Waals surface area (Å²) in [6.07, 6.45) is 4.59. The second-order valence-corrected chi connectivity index (χ2v) is 6.64. The van der Waals surface area contributed by atoms with Gasteiger partial charge < -0.3 is 14.6 Å². The van der Waals surface area contributed by atoms with E-state index in [4.69, 9.17) is 14.6 Å². The second kappa shape index (κ2) is 10.7. The molecule has 144 valence electrons. The minimum Gasteiger partial charge on any atom is -0.493 e. The number of benzene rings is 1. The van der Waals surface area contributed by atoms with E-state index in [-0.39, 0.29) is 18.9 Å². The molecule has 0 aliphatic carbocycles. The Balaban J connectivity index is 3.28. The summed E-state index contributed by atoms with van der Waals surface area (Å²) in [6, 6.07) is 7.91. The lowest BCUT2D eigenvalue weighted by atomic mass is 9.74. The van der Waals surface area contributed by atoms with Gasteiger partial charge in [0, 0.05) is 6.42 Å². The number of nitrogens with zero attached hydrogens (tertiary/aromatic N) is 1. The van der Waals surface area contributed by atoms with Gasteiger partial charge in [0.05, 0.1) is 24.7 Å². The normalized spacial score (nSPS) is 14.1. The van der Waals surface area contributed by atoms with Crippen molar-refractivity contribution in [1.29, 1.82) is 5.26 Å². The van der Waals surface area contributed by atoms with E-state index in [1.165, 1.54) is 0 Å². The van der Waals surface area contributed by atoms with Crippen molar-refractivity contribution in [2.24, 2.45) is 0 Å². The van der Waals surface area contributed by atoms with Gasteiger partial charge in [-0.25, -0.2) is 0 Å². The first-order chi connectivity index (χ1) is 12.5. The largest absolute Gasteiger partial charge is 0.493 e.